The predicted molar refractivity (Wildman–Crippen MR) is 85.2 cm³/mol. The quantitative estimate of drug-likeness (QED) is 0.798. The van der Waals surface area contributed by atoms with Gasteiger partial charge in [-0.25, -0.2) is 0 Å². The molecular weight excluding hydrogens is 284 g/mol. The first kappa shape index (κ1) is 13.6. The van der Waals surface area contributed by atoms with E-state index in [1.54, 1.807) is 6.33 Å². The lowest BCUT2D eigenvalue weighted by Crippen LogP contribution is -2.00. The maximum absolute atomic E-state index is 6.14. The van der Waals surface area contributed by atoms with Gasteiger partial charge in [-0.2, -0.15) is 0 Å². The van der Waals surface area contributed by atoms with Crippen molar-refractivity contribution in [2.24, 2.45) is 7.05 Å². The Morgan fingerprint density at radius 3 is 2.52 bits per heavy atom. The first-order valence-electron chi connectivity index (χ1n) is 6.66. The van der Waals surface area contributed by atoms with E-state index in [9.17, 15) is 0 Å². The molecular formula is C16H15ClN4. The van der Waals surface area contributed by atoms with E-state index in [4.69, 9.17) is 11.6 Å². The molecule has 0 saturated heterocycles. The Hall–Kier alpha value is -2.33. The molecule has 2 aromatic carbocycles. The maximum atomic E-state index is 6.14. The van der Waals surface area contributed by atoms with E-state index < -0.39 is 0 Å². The number of aromatic nitrogens is 3. The smallest absolute Gasteiger partial charge is 0.163 e. The Labute approximate surface area is 128 Å². The van der Waals surface area contributed by atoms with E-state index in [0.29, 0.717) is 6.54 Å². The fourth-order valence-corrected chi connectivity index (χ4v) is 2.32. The summed E-state index contributed by atoms with van der Waals surface area (Å²) in [6.45, 7) is 0.697. The second kappa shape index (κ2) is 5.97. The van der Waals surface area contributed by atoms with E-state index in [2.05, 4.69) is 15.5 Å². The summed E-state index contributed by atoms with van der Waals surface area (Å²) >= 11 is 6.14. The van der Waals surface area contributed by atoms with Crippen molar-refractivity contribution in [3.05, 3.63) is 65.4 Å². The zero-order valence-corrected chi connectivity index (χ0v) is 12.4. The molecule has 4 nitrogen and oxygen atoms in total. The van der Waals surface area contributed by atoms with E-state index in [0.717, 1.165) is 27.7 Å². The second-order valence-corrected chi connectivity index (χ2v) is 5.19. The van der Waals surface area contributed by atoms with Crippen molar-refractivity contribution in [2.75, 3.05) is 5.32 Å². The van der Waals surface area contributed by atoms with Crippen LogP contribution >= 0.6 is 11.6 Å². The van der Waals surface area contributed by atoms with Gasteiger partial charge in [0, 0.05) is 29.9 Å². The summed E-state index contributed by atoms with van der Waals surface area (Å²) in [6.07, 6.45) is 1.69. The van der Waals surface area contributed by atoms with E-state index in [1.165, 1.54) is 0 Å². The highest BCUT2D eigenvalue weighted by atomic mass is 35.5. The molecule has 0 fully saturated rings. The molecule has 0 spiro atoms. The Bertz CT molecular complexity index is 734. The van der Waals surface area contributed by atoms with E-state index >= 15 is 0 Å². The van der Waals surface area contributed by atoms with Crippen molar-refractivity contribution in [3.8, 4) is 11.4 Å². The number of rotatable bonds is 4. The van der Waals surface area contributed by atoms with Gasteiger partial charge in [0.1, 0.15) is 6.33 Å². The Balaban J connectivity index is 1.71. The zero-order valence-electron chi connectivity index (χ0n) is 11.6. The summed E-state index contributed by atoms with van der Waals surface area (Å²) in [7, 11) is 1.93. The SMILES string of the molecule is Cn1cnnc1-c1ccc(NCc2ccccc2Cl)cc1. The lowest BCUT2D eigenvalue weighted by molar-refractivity contribution is 0.920. The molecule has 1 N–H and O–H groups in total. The van der Waals surface area contributed by atoms with E-state index in [-0.39, 0.29) is 0 Å². The number of anilines is 1. The number of aryl methyl sites for hydroxylation is 1. The zero-order chi connectivity index (χ0) is 14.7. The van der Waals surface area contributed by atoms with E-state index in [1.807, 2.05) is 60.1 Å². The Morgan fingerprint density at radius 1 is 1.10 bits per heavy atom. The van der Waals surface area contributed by atoms with Crippen LogP contribution in [0.15, 0.2) is 54.9 Å². The van der Waals surface area contributed by atoms with Crippen molar-refractivity contribution in [2.45, 2.75) is 6.54 Å². The van der Waals surface area contributed by atoms with Crippen LogP contribution in [0.1, 0.15) is 5.56 Å². The van der Waals surface area contributed by atoms with Crippen LogP contribution in [0.3, 0.4) is 0 Å². The molecule has 5 heteroatoms. The lowest BCUT2D eigenvalue weighted by atomic mass is 10.2. The first-order chi connectivity index (χ1) is 10.2. The van der Waals surface area contributed by atoms with Crippen LogP contribution in [-0.4, -0.2) is 14.8 Å². The molecule has 0 unspecified atom stereocenters. The van der Waals surface area contributed by atoms with Gasteiger partial charge in [0.25, 0.3) is 0 Å². The second-order valence-electron chi connectivity index (χ2n) is 4.79. The molecule has 0 radical (unpaired) electrons. The molecule has 0 aliphatic heterocycles. The normalized spacial score (nSPS) is 10.6. The van der Waals surface area contributed by atoms with Crippen molar-refractivity contribution >= 4 is 17.3 Å². The summed E-state index contributed by atoms with van der Waals surface area (Å²) in [5.41, 5.74) is 3.16. The van der Waals surface area contributed by atoms with Gasteiger partial charge in [-0.05, 0) is 35.9 Å². The highest BCUT2D eigenvalue weighted by Crippen LogP contribution is 2.20. The summed E-state index contributed by atoms with van der Waals surface area (Å²) < 4.78 is 1.90. The molecule has 3 rings (SSSR count). The average molecular weight is 299 g/mol. The molecule has 0 bridgehead atoms. The highest BCUT2D eigenvalue weighted by molar-refractivity contribution is 6.31. The first-order valence-corrected chi connectivity index (χ1v) is 7.03. The summed E-state index contributed by atoms with van der Waals surface area (Å²) in [6, 6.07) is 15.9. The molecule has 106 valence electrons. The Morgan fingerprint density at radius 2 is 1.86 bits per heavy atom. The van der Waals surface area contributed by atoms with Gasteiger partial charge in [-0.1, -0.05) is 29.8 Å². The standard InChI is InChI=1S/C16H15ClN4/c1-21-11-19-20-16(21)12-6-8-14(9-7-12)18-10-13-4-2-3-5-15(13)17/h2-9,11,18H,10H2,1H3. The Kier molecular flexibility index (Phi) is 3.88. The van der Waals surface area contributed by atoms with Crippen LogP contribution in [0.5, 0.6) is 0 Å². The van der Waals surface area contributed by atoms with Gasteiger partial charge in [0.15, 0.2) is 5.82 Å². The number of benzene rings is 2. The third kappa shape index (κ3) is 3.06. The fraction of sp³-hybridized carbons (Fsp3) is 0.125. The van der Waals surface area contributed by atoms with Gasteiger partial charge < -0.3 is 9.88 Å². The molecule has 0 atom stereocenters. The number of nitrogens with one attached hydrogen (secondary N) is 1. The van der Waals surface area contributed by atoms with Gasteiger partial charge in [-0.3, -0.25) is 0 Å². The van der Waals surface area contributed by atoms with Gasteiger partial charge >= 0.3 is 0 Å². The van der Waals surface area contributed by atoms with Crippen LogP contribution in [0.4, 0.5) is 5.69 Å². The molecule has 0 aliphatic carbocycles. The van der Waals surface area contributed by atoms with Crippen LogP contribution in [0.2, 0.25) is 5.02 Å². The summed E-state index contributed by atoms with van der Waals surface area (Å²) in [5.74, 6) is 0.854. The topological polar surface area (TPSA) is 42.7 Å². The maximum Gasteiger partial charge on any atom is 0.163 e. The fourth-order valence-electron chi connectivity index (χ4n) is 2.12. The highest BCUT2D eigenvalue weighted by Gasteiger charge is 2.04. The minimum atomic E-state index is 0.697. The van der Waals surface area contributed by atoms with Gasteiger partial charge in [-0.15, -0.1) is 10.2 Å². The van der Waals surface area contributed by atoms with Crippen molar-refractivity contribution < 1.29 is 0 Å². The third-order valence-electron chi connectivity index (χ3n) is 3.30. The molecule has 0 amide bonds. The largest absolute Gasteiger partial charge is 0.381 e. The molecule has 1 aromatic heterocycles. The number of halogens is 1. The molecule has 3 aromatic rings. The molecule has 21 heavy (non-hydrogen) atoms. The number of hydrogen-bond donors (Lipinski definition) is 1. The summed E-state index contributed by atoms with van der Waals surface area (Å²) in [5, 5.41) is 12.1. The van der Waals surface area contributed by atoms with Crippen molar-refractivity contribution in [3.63, 3.8) is 0 Å². The lowest BCUT2D eigenvalue weighted by Gasteiger charge is -2.08. The molecule has 0 saturated carbocycles. The minimum Gasteiger partial charge on any atom is -0.381 e. The van der Waals surface area contributed by atoms with Gasteiger partial charge in [0.05, 0.1) is 0 Å². The average Bonchev–Trinajstić information content (AvgIpc) is 2.93. The monoisotopic (exact) mass is 298 g/mol. The third-order valence-corrected chi connectivity index (χ3v) is 3.66. The van der Waals surface area contributed by atoms with Crippen LogP contribution < -0.4 is 5.32 Å². The summed E-state index contributed by atoms with van der Waals surface area (Å²) in [4.78, 5) is 0. The number of nitrogens with zero attached hydrogens (tertiary/aromatic N) is 3. The van der Waals surface area contributed by atoms with Crippen LogP contribution in [-0.2, 0) is 13.6 Å². The van der Waals surface area contributed by atoms with Crippen molar-refractivity contribution in [1.82, 2.24) is 14.8 Å². The minimum absolute atomic E-state index is 0.697. The van der Waals surface area contributed by atoms with Crippen molar-refractivity contribution in [1.29, 1.82) is 0 Å². The van der Waals surface area contributed by atoms with Crippen LogP contribution in [0.25, 0.3) is 11.4 Å². The number of hydrogen-bond acceptors (Lipinski definition) is 3. The molecule has 1 heterocycles. The predicted octanol–water partition coefficient (Wildman–Crippen LogP) is 3.75. The molecule has 0 aliphatic rings. The van der Waals surface area contributed by atoms with Crippen LogP contribution in [0, 0.1) is 0 Å². The van der Waals surface area contributed by atoms with Gasteiger partial charge in [0.2, 0.25) is 0 Å².